The highest BCUT2D eigenvalue weighted by Crippen LogP contribution is 2.22. The number of nitrogens with zero attached hydrogens (tertiary/aromatic N) is 2. The van der Waals surface area contributed by atoms with Crippen LogP contribution in [0.4, 0.5) is 0 Å². The fourth-order valence-electron chi connectivity index (χ4n) is 2.09. The zero-order valence-electron chi connectivity index (χ0n) is 11.6. The Morgan fingerprint density at radius 2 is 2.00 bits per heavy atom. The molecule has 1 aromatic heterocycles. The van der Waals surface area contributed by atoms with Gasteiger partial charge < -0.3 is 5.11 Å². The fourth-order valence-corrected chi connectivity index (χ4v) is 2.09. The molecule has 0 atom stereocenters. The van der Waals surface area contributed by atoms with Gasteiger partial charge in [0.15, 0.2) is 0 Å². The Kier molecular flexibility index (Phi) is 3.42. The molecule has 0 amide bonds. The molecule has 0 aliphatic rings. The van der Waals surface area contributed by atoms with Crippen LogP contribution in [0, 0.1) is 13.8 Å². The normalized spacial score (nSPS) is 11.0. The molecule has 0 radical (unpaired) electrons. The Hall–Kier alpha value is -2.10. The van der Waals surface area contributed by atoms with Crippen LogP contribution in [0.25, 0.3) is 5.69 Å². The van der Waals surface area contributed by atoms with E-state index in [0.29, 0.717) is 5.69 Å². The van der Waals surface area contributed by atoms with Crippen molar-refractivity contribution in [3.05, 3.63) is 46.8 Å². The van der Waals surface area contributed by atoms with E-state index in [1.807, 2.05) is 45.9 Å². The maximum atomic E-state index is 11.3. The Morgan fingerprint density at radius 1 is 1.32 bits per heavy atom. The smallest absolute Gasteiger partial charge is 0.339 e. The van der Waals surface area contributed by atoms with Gasteiger partial charge in [0.05, 0.1) is 11.4 Å². The Balaban J connectivity index is 2.61. The molecule has 0 spiro atoms. The second-order valence-electron chi connectivity index (χ2n) is 5.05. The van der Waals surface area contributed by atoms with Crippen molar-refractivity contribution in [3.63, 3.8) is 0 Å². The molecule has 0 saturated heterocycles. The third kappa shape index (κ3) is 2.38. The number of benzene rings is 1. The van der Waals surface area contributed by atoms with E-state index in [2.05, 4.69) is 5.10 Å². The minimum atomic E-state index is -0.930. The van der Waals surface area contributed by atoms with Crippen LogP contribution >= 0.6 is 0 Å². The van der Waals surface area contributed by atoms with Gasteiger partial charge in [0.25, 0.3) is 0 Å². The van der Waals surface area contributed by atoms with Crippen molar-refractivity contribution in [2.75, 3.05) is 0 Å². The molecule has 19 heavy (non-hydrogen) atoms. The summed E-state index contributed by atoms with van der Waals surface area (Å²) < 4.78 is 1.67. The van der Waals surface area contributed by atoms with Crippen LogP contribution in [0.3, 0.4) is 0 Å². The number of hydrogen-bond donors (Lipinski definition) is 1. The van der Waals surface area contributed by atoms with Gasteiger partial charge in [0, 0.05) is 6.20 Å². The average Bonchev–Trinajstić information content (AvgIpc) is 2.77. The molecule has 4 heteroatoms. The zero-order chi connectivity index (χ0) is 14.2. The van der Waals surface area contributed by atoms with E-state index >= 15 is 0 Å². The summed E-state index contributed by atoms with van der Waals surface area (Å²) in [5, 5.41) is 13.7. The van der Waals surface area contributed by atoms with Gasteiger partial charge >= 0.3 is 5.97 Å². The summed E-state index contributed by atoms with van der Waals surface area (Å²) in [5.41, 5.74) is 4.09. The van der Waals surface area contributed by atoms with E-state index in [9.17, 15) is 9.90 Å². The van der Waals surface area contributed by atoms with E-state index in [4.69, 9.17) is 0 Å². The van der Waals surface area contributed by atoms with Crippen LogP contribution in [0.2, 0.25) is 0 Å². The van der Waals surface area contributed by atoms with E-state index in [1.165, 1.54) is 0 Å². The first-order valence-electron chi connectivity index (χ1n) is 6.31. The lowest BCUT2D eigenvalue weighted by Crippen LogP contribution is -2.01. The summed E-state index contributed by atoms with van der Waals surface area (Å²) in [6.45, 7) is 7.94. The fraction of sp³-hybridized carbons (Fsp3) is 0.333. The molecule has 4 nitrogen and oxygen atoms in total. The lowest BCUT2D eigenvalue weighted by molar-refractivity contribution is 0.0695. The van der Waals surface area contributed by atoms with Gasteiger partial charge in [-0.25, -0.2) is 9.48 Å². The monoisotopic (exact) mass is 258 g/mol. The molecule has 0 fully saturated rings. The molecular weight excluding hydrogens is 240 g/mol. The Morgan fingerprint density at radius 3 is 2.53 bits per heavy atom. The largest absolute Gasteiger partial charge is 0.478 e. The summed E-state index contributed by atoms with van der Waals surface area (Å²) >= 11 is 0. The van der Waals surface area contributed by atoms with E-state index < -0.39 is 5.97 Å². The molecule has 0 bridgehead atoms. The maximum Gasteiger partial charge on any atom is 0.339 e. The van der Waals surface area contributed by atoms with Gasteiger partial charge in [0.2, 0.25) is 0 Å². The molecule has 1 aromatic carbocycles. The van der Waals surface area contributed by atoms with Crippen molar-refractivity contribution in [2.45, 2.75) is 33.6 Å². The standard InChI is InChI=1S/C15H18N2O2/c1-9(2)14-12(15(18)19)8-17(16-14)13-7-5-6-10(3)11(13)4/h5-9H,1-4H3,(H,18,19). The van der Waals surface area contributed by atoms with Gasteiger partial charge in [0.1, 0.15) is 5.56 Å². The molecule has 100 valence electrons. The Bertz CT molecular complexity index is 627. The first-order chi connectivity index (χ1) is 8.91. The minimum Gasteiger partial charge on any atom is -0.478 e. The number of carbonyl (C=O) groups is 1. The minimum absolute atomic E-state index is 0.0810. The summed E-state index contributed by atoms with van der Waals surface area (Å²) in [7, 11) is 0. The second kappa shape index (κ2) is 4.88. The van der Waals surface area contributed by atoms with E-state index in [0.717, 1.165) is 16.8 Å². The van der Waals surface area contributed by atoms with Crippen molar-refractivity contribution < 1.29 is 9.90 Å². The van der Waals surface area contributed by atoms with Gasteiger partial charge in [-0.2, -0.15) is 5.10 Å². The number of carboxylic acids is 1. The number of aromatic carboxylic acids is 1. The average molecular weight is 258 g/mol. The molecule has 0 aliphatic carbocycles. The van der Waals surface area contributed by atoms with Gasteiger partial charge in [-0.15, -0.1) is 0 Å². The van der Waals surface area contributed by atoms with E-state index in [-0.39, 0.29) is 11.5 Å². The number of carboxylic acid groups (broad SMARTS) is 1. The molecular formula is C15H18N2O2. The van der Waals surface area contributed by atoms with Crippen LogP contribution in [0.1, 0.15) is 46.9 Å². The molecule has 0 aliphatic heterocycles. The van der Waals surface area contributed by atoms with Crippen LogP contribution in [-0.2, 0) is 0 Å². The number of aryl methyl sites for hydroxylation is 1. The topological polar surface area (TPSA) is 55.1 Å². The first kappa shape index (κ1) is 13.3. The summed E-state index contributed by atoms with van der Waals surface area (Å²) in [4.78, 5) is 11.3. The van der Waals surface area contributed by atoms with Crippen molar-refractivity contribution in [3.8, 4) is 5.69 Å². The van der Waals surface area contributed by atoms with Crippen LogP contribution in [0.5, 0.6) is 0 Å². The summed E-state index contributed by atoms with van der Waals surface area (Å²) in [6.07, 6.45) is 1.60. The number of aromatic nitrogens is 2. The van der Waals surface area contributed by atoms with Crippen molar-refractivity contribution in [1.82, 2.24) is 9.78 Å². The van der Waals surface area contributed by atoms with E-state index in [1.54, 1.807) is 10.9 Å². The van der Waals surface area contributed by atoms with Gasteiger partial charge in [-0.1, -0.05) is 26.0 Å². The summed E-state index contributed by atoms with van der Waals surface area (Å²) in [5.74, 6) is -0.849. The number of rotatable bonds is 3. The van der Waals surface area contributed by atoms with Crippen molar-refractivity contribution >= 4 is 5.97 Å². The van der Waals surface area contributed by atoms with Crippen molar-refractivity contribution in [1.29, 1.82) is 0 Å². The molecule has 1 N–H and O–H groups in total. The molecule has 2 aromatic rings. The lowest BCUT2D eigenvalue weighted by Gasteiger charge is -2.08. The third-order valence-electron chi connectivity index (χ3n) is 3.34. The lowest BCUT2D eigenvalue weighted by atomic mass is 10.1. The van der Waals surface area contributed by atoms with Crippen LogP contribution in [0.15, 0.2) is 24.4 Å². The summed E-state index contributed by atoms with van der Waals surface area (Å²) in [6, 6.07) is 5.93. The highest BCUT2D eigenvalue weighted by Gasteiger charge is 2.19. The van der Waals surface area contributed by atoms with Gasteiger partial charge in [-0.3, -0.25) is 0 Å². The second-order valence-corrected chi connectivity index (χ2v) is 5.05. The van der Waals surface area contributed by atoms with Crippen LogP contribution < -0.4 is 0 Å². The molecule has 0 unspecified atom stereocenters. The van der Waals surface area contributed by atoms with Crippen molar-refractivity contribution in [2.24, 2.45) is 0 Å². The Labute approximate surface area is 112 Å². The zero-order valence-corrected chi connectivity index (χ0v) is 11.6. The predicted octanol–water partition coefficient (Wildman–Crippen LogP) is 3.31. The number of hydrogen-bond acceptors (Lipinski definition) is 2. The SMILES string of the molecule is Cc1cccc(-n2cc(C(=O)O)c(C(C)C)n2)c1C. The predicted molar refractivity (Wildman–Crippen MR) is 74.1 cm³/mol. The maximum absolute atomic E-state index is 11.3. The molecule has 2 rings (SSSR count). The molecule has 0 saturated carbocycles. The highest BCUT2D eigenvalue weighted by molar-refractivity contribution is 5.89. The van der Waals surface area contributed by atoms with Gasteiger partial charge in [-0.05, 0) is 37.0 Å². The molecule has 1 heterocycles. The quantitative estimate of drug-likeness (QED) is 0.918. The first-order valence-corrected chi connectivity index (χ1v) is 6.31. The third-order valence-corrected chi connectivity index (χ3v) is 3.34. The van der Waals surface area contributed by atoms with Crippen LogP contribution in [-0.4, -0.2) is 20.9 Å². The highest BCUT2D eigenvalue weighted by atomic mass is 16.4.